The van der Waals surface area contributed by atoms with Gasteiger partial charge in [0, 0.05) is 4.91 Å². The summed E-state index contributed by atoms with van der Waals surface area (Å²) in [6.45, 7) is 0.621. The fraction of sp³-hybridized carbons (Fsp3) is 0.400. The molecule has 1 heterocycles. The van der Waals surface area contributed by atoms with Crippen LogP contribution in [0.5, 0.6) is 0 Å². The van der Waals surface area contributed by atoms with Gasteiger partial charge in [-0.1, -0.05) is 65.8 Å². The second-order valence-electron chi connectivity index (χ2n) is 6.51. The third-order valence-electron chi connectivity index (χ3n) is 4.52. The number of azide groups is 1. The summed E-state index contributed by atoms with van der Waals surface area (Å²) in [5.41, 5.74) is 10.8. The Hall–Kier alpha value is -2.45. The van der Waals surface area contributed by atoms with E-state index in [1.165, 1.54) is 0 Å². The minimum atomic E-state index is -1.46. The van der Waals surface area contributed by atoms with Crippen molar-refractivity contribution < 1.29 is 24.4 Å². The Bertz CT molecular complexity index is 770. The number of rotatable bonds is 8. The summed E-state index contributed by atoms with van der Waals surface area (Å²) >= 11 is 0. The minimum absolute atomic E-state index is 0.0769. The van der Waals surface area contributed by atoms with Gasteiger partial charge >= 0.3 is 0 Å². The van der Waals surface area contributed by atoms with Crippen molar-refractivity contribution >= 4 is 0 Å². The van der Waals surface area contributed by atoms with E-state index in [2.05, 4.69) is 10.0 Å². The van der Waals surface area contributed by atoms with E-state index in [1.807, 2.05) is 60.7 Å². The Morgan fingerprint density at radius 2 is 1.57 bits per heavy atom. The fourth-order valence-corrected chi connectivity index (χ4v) is 3.08. The zero-order chi connectivity index (χ0) is 19.8. The van der Waals surface area contributed by atoms with Gasteiger partial charge in [-0.25, -0.2) is 0 Å². The van der Waals surface area contributed by atoms with E-state index in [4.69, 9.17) is 19.7 Å². The van der Waals surface area contributed by atoms with Crippen molar-refractivity contribution in [2.75, 3.05) is 6.61 Å². The van der Waals surface area contributed by atoms with E-state index in [0.717, 1.165) is 11.1 Å². The number of ether oxygens (including phenoxy) is 3. The highest BCUT2D eigenvalue weighted by molar-refractivity contribution is 5.14. The molecule has 0 amide bonds. The van der Waals surface area contributed by atoms with E-state index < -0.39 is 30.6 Å². The van der Waals surface area contributed by atoms with Gasteiger partial charge in [0.25, 0.3) is 0 Å². The lowest BCUT2D eigenvalue weighted by atomic mass is 9.97. The number of hydrogen-bond donors (Lipinski definition) is 2. The highest BCUT2D eigenvalue weighted by atomic mass is 16.6. The van der Waals surface area contributed by atoms with Gasteiger partial charge in [0.1, 0.15) is 6.10 Å². The number of hydrogen-bond acceptors (Lipinski definition) is 6. The van der Waals surface area contributed by atoms with Gasteiger partial charge in [0.15, 0.2) is 6.29 Å². The van der Waals surface area contributed by atoms with E-state index >= 15 is 0 Å². The van der Waals surface area contributed by atoms with Crippen molar-refractivity contribution in [1.82, 2.24) is 0 Å². The Labute approximate surface area is 162 Å². The summed E-state index contributed by atoms with van der Waals surface area (Å²) in [7, 11) is 0. The normalized spacial score (nSPS) is 27.1. The average Bonchev–Trinajstić information content (AvgIpc) is 2.73. The van der Waals surface area contributed by atoms with Crippen molar-refractivity contribution in [3.63, 3.8) is 0 Å². The van der Waals surface area contributed by atoms with Gasteiger partial charge in [-0.05, 0) is 16.7 Å². The smallest absolute Gasteiger partial charge is 0.183 e. The quantitative estimate of drug-likeness (QED) is 0.411. The van der Waals surface area contributed by atoms with E-state index in [1.54, 1.807) is 0 Å². The third-order valence-corrected chi connectivity index (χ3v) is 4.52. The molecule has 1 aliphatic rings. The minimum Gasteiger partial charge on any atom is -0.385 e. The third kappa shape index (κ3) is 5.30. The van der Waals surface area contributed by atoms with Crippen molar-refractivity contribution in [2.45, 2.75) is 43.9 Å². The van der Waals surface area contributed by atoms with Crippen LogP contribution in [-0.4, -0.2) is 47.5 Å². The molecule has 0 bridgehead atoms. The molecule has 1 aliphatic heterocycles. The Balaban J connectivity index is 1.65. The van der Waals surface area contributed by atoms with E-state index in [0.29, 0.717) is 6.61 Å². The van der Waals surface area contributed by atoms with Crippen molar-refractivity contribution in [1.29, 1.82) is 0 Å². The monoisotopic (exact) mass is 385 g/mol. The highest BCUT2D eigenvalue weighted by Gasteiger charge is 2.45. The number of nitrogens with zero attached hydrogens (tertiary/aromatic N) is 3. The SMILES string of the molecule is [N-]=[N+]=N[C@@H]1[C@H](OCc2ccccc2)[C@@H](O)[C@H](O)O[C@@H]1COCc1ccccc1. The molecule has 0 radical (unpaired) electrons. The molecule has 1 fully saturated rings. The lowest BCUT2D eigenvalue weighted by Gasteiger charge is -2.41. The van der Waals surface area contributed by atoms with Crippen molar-refractivity contribution in [3.05, 3.63) is 82.2 Å². The molecule has 8 heteroatoms. The van der Waals surface area contributed by atoms with Crippen LogP contribution >= 0.6 is 0 Å². The Morgan fingerprint density at radius 1 is 0.964 bits per heavy atom. The second kappa shape index (κ2) is 10.2. The van der Waals surface area contributed by atoms with Crippen LogP contribution in [0.4, 0.5) is 0 Å². The van der Waals surface area contributed by atoms with Crippen LogP contribution in [0.2, 0.25) is 0 Å². The van der Waals surface area contributed by atoms with Crippen molar-refractivity contribution in [2.24, 2.45) is 5.11 Å². The highest BCUT2D eigenvalue weighted by Crippen LogP contribution is 2.26. The Kier molecular flexibility index (Phi) is 7.39. The van der Waals surface area contributed by atoms with Crippen LogP contribution in [0.25, 0.3) is 10.4 Å². The molecule has 0 saturated carbocycles. The van der Waals surface area contributed by atoms with Crippen LogP contribution in [0.3, 0.4) is 0 Å². The first kappa shape index (κ1) is 20.3. The largest absolute Gasteiger partial charge is 0.385 e. The molecular formula is C20H23N3O5. The van der Waals surface area contributed by atoms with Crippen LogP contribution in [0, 0.1) is 0 Å². The first-order valence-corrected chi connectivity index (χ1v) is 9.02. The molecule has 148 valence electrons. The van der Waals surface area contributed by atoms with Gasteiger partial charge in [-0.2, -0.15) is 0 Å². The molecule has 8 nitrogen and oxygen atoms in total. The van der Waals surface area contributed by atoms with Gasteiger partial charge in [-0.15, -0.1) is 0 Å². The Morgan fingerprint density at radius 3 is 2.18 bits per heavy atom. The van der Waals surface area contributed by atoms with Crippen LogP contribution in [0.1, 0.15) is 11.1 Å². The summed E-state index contributed by atoms with van der Waals surface area (Å²) in [5.74, 6) is 0. The summed E-state index contributed by atoms with van der Waals surface area (Å²) in [6.07, 6.45) is -4.48. The van der Waals surface area contributed by atoms with Crippen molar-refractivity contribution in [3.8, 4) is 0 Å². The second-order valence-corrected chi connectivity index (χ2v) is 6.51. The van der Waals surface area contributed by atoms with Crippen LogP contribution in [-0.2, 0) is 27.4 Å². The average molecular weight is 385 g/mol. The maximum Gasteiger partial charge on any atom is 0.183 e. The van der Waals surface area contributed by atoms with Gasteiger partial charge in [-0.3, -0.25) is 0 Å². The molecule has 0 aromatic heterocycles. The summed E-state index contributed by atoms with van der Waals surface area (Å²) in [5, 5.41) is 24.1. The molecule has 2 aromatic carbocycles. The summed E-state index contributed by atoms with van der Waals surface area (Å²) in [4.78, 5) is 2.86. The topological polar surface area (TPSA) is 117 Å². The number of aliphatic hydroxyl groups excluding tert-OH is 2. The molecule has 0 unspecified atom stereocenters. The molecule has 2 N–H and O–H groups in total. The maximum absolute atomic E-state index is 10.3. The first-order chi connectivity index (χ1) is 13.7. The van der Waals surface area contributed by atoms with Gasteiger partial charge in [0.05, 0.1) is 38.1 Å². The van der Waals surface area contributed by atoms with Gasteiger partial charge < -0.3 is 24.4 Å². The number of benzene rings is 2. The molecule has 0 aliphatic carbocycles. The number of aliphatic hydroxyl groups is 2. The predicted octanol–water partition coefficient (Wildman–Crippen LogP) is 2.55. The molecule has 1 saturated heterocycles. The molecule has 3 rings (SSSR count). The first-order valence-electron chi connectivity index (χ1n) is 9.02. The lowest BCUT2D eigenvalue weighted by molar-refractivity contribution is -0.270. The summed E-state index contributed by atoms with van der Waals surface area (Å²) in [6, 6.07) is 18.1. The maximum atomic E-state index is 10.3. The van der Waals surface area contributed by atoms with Crippen LogP contribution in [0.15, 0.2) is 65.8 Å². The zero-order valence-electron chi connectivity index (χ0n) is 15.2. The fourth-order valence-electron chi connectivity index (χ4n) is 3.08. The lowest BCUT2D eigenvalue weighted by Crippen LogP contribution is -2.58. The standard InChI is InChI=1S/C20H23N3O5/c21-23-22-17-16(13-26-11-14-7-3-1-4-8-14)28-20(25)18(24)19(17)27-12-15-9-5-2-6-10-15/h1-10,16-20,24-25H,11-13H2/t16-,17+,18-,19+,20-/m1/s1. The molecular weight excluding hydrogens is 362 g/mol. The predicted molar refractivity (Wildman–Crippen MR) is 101 cm³/mol. The molecule has 28 heavy (non-hydrogen) atoms. The zero-order valence-corrected chi connectivity index (χ0v) is 15.2. The van der Waals surface area contributed by atoms with E-state index in [9.17, 15) is 10.2 Å². The molecule has 2 aromatic rings. The van der Waals surface area contributed by atoms with E-state index in [-0.39, 0.29) is 13.2 Å². The summed E-state index contributed by atoms with van der Waals surface area (Å²) < 4.78 is 16.9. The molecule has 0 spiro atoms. The van der Waals surface area contributed by atoms with Crippen LogP contribution < -0.4 is 0 Å². The van der Waals surface area contributed by atoms with Gasteiger partial charge in [0.2, 0.25) is 0 Å². The molecule has 5 atom stereocenters.